The molecule has 21 heavy (non-hydrogen) atoms. The van der Waals surface area contributed by atoms with E-state index in [1.165, 1.54) is 24.0 Å². The monoisotopic (exact) mass is 299 g/mol. The number of rotatable bonds is 2. The quantitative estimate of drug-likeness (QED) is 0.885. The molecule has 0 bridgehead atoms. The summed E-state index contributed by atoms with van der Waals surface area (Å²) in [6, 6.07) is 22.6. The fourth-order valence-corrected chi connectivity index (χ4v) is 4.40. The smallest absolute Gasteiger partial charge is 0.0235 e. The summed E-state index contributed by atoms with van der Waals surface area (Å²) in [7, 11) is 0. The third-order valence-electron chi connectivity index (χ3n) is 5.47. The van der Waals surface area contributed by atoms with Gasteiger partial charge in [-0.1, -0.05) is 60.7 Å². The Morgan fingerprint density at radius 1 is 0.857 bits per heavy atom. The molecule has 2 saturated carbocycles. The van der Waals surface area contributed by atoms with Crippen molar-refractivity contribution >= 4 is 12.4 Å². The minimum atomic E-state index is 0. The van der Waals surface area contributed by atoms with E-state index < -0.39 is 0 Å². The maximum atomic E-state index is 6.30. The van der Waals surface area contributed by atoms with E-state index in [4.69, 9.17) is 5.73 Å². The van der Waals surface area contributed by atoms with Crippen LogP contribution in [0.1, 0.15) is 30.4 Å². The molecule has 2 aliphatic rings. The van der Waals surface area contributed by atoms with Gasteiger partial charge in [-0.25, -0.2) is 0 Å². The Bertz CT molecular complexity index is 556. The number of hydrogen-bond donors (Lipinski definition) is 1. The summed E-state index contributed by atoms with van der Waals surface area (Å²) in [6.07, 6.45) is 3.62. The normalized spacial score (nSPS) is 29.1. The molecule has 2 aromatic carbocycles. The summed E-state index contributed by atoms with van der Waals surface area (Å²) >= 11 is 0. The van der Waals surface area contributed by atoms with Crippen molar-refractivity contribution in [1.29, 1.82) is 0 Å². The highest BCUT2D eigenvalue weighted by Gasteiger charge is 2.58. The lowest BCUT2D eigenvalue weighted by Gasteiger charge is -2.40. The number of benzene rings is 2. The Labute approximate surface area is 133 Å². The minimum Gasteiger partial charge on any atom is -0.327 e. The molecule has 0 saturated heterocycles. The lowest BCUT2D eigenvalue weighted by molar-refractivity contribution is 0.295. The van der Waals surface area contributed by atoms with Crippen LogP contribution in [-0.4, -0.2) is 6.04 Å². The first-order valence-corrected chi connectivity index (χ1v) is 7.69. The summed E-state index contributed by atoms with van der Waals surface area (Å²) < 4.78 is 0. The average Bonchev–Trinajstić information content (AvgIpc) is 3.32. The van der Waals surface area contributed by atoms with Gasteiger partial charge < -0.3 is 5.73 Å². The fourth-order valence-electron chi connectivity index (χ4n) is 4.40. The Morgan fingerprint density at radius 2 is 1.38 bits per heavy atom. The van der Waals surface area contributed by atoms with Crippen molar-refractivity contribution in [2.24, 2.45) is 17.6 Å². The summed E-state index contributed by atoms with van der Waals surface area (Å²) in [6.45, 7) is 0. The third-order valence-corrected chi connectivity index (χ3v) is 5.47. The zero-order valence-electron chi connectivity index (χ0n) is 12.1. The molecule has 3 unspecified atom stereocenters. The SMILES string of the molecule is Cl.NC1CCC(c2ccccc2)(c2ccccc2)C2CC12. The third kappa shape index (κ3) is 2.20. The van der Waals surface area contributed by atoms with Crippen LogP contribution in [0.2, 0.25) is 0 Å². The van der Waals surface area contributed by atoms with Gasteiger partial charge in [-0.15, -0.1) is 12.4 Å². The van der Waals surface area contributed by atoms with Gasteiger partial charge in [-0.05, 0) is 42.2 Å². The molecule has 2 aromatic rings. The highest BCUT2D eigenvalue weighted by Crippen LogP contribution is 2.62. The predicted molar refractivity (Wildman–Crippen MR) is 89.7 cm³/mol. The molecule has 0 heterocycles. The Morgan fingerprint density at radius 3 is 1.90 bits per heavy atom. The second kappa shape index (κ2) is 5.47. The molecular weight excluding hydrogens is 278 g/mol. The molecule has 0 aliphatic heterocycles. The van der Waals surface area contributed by atoms with E-state index in [0.717, 1.165) is 18.3 Å². The topological polar surface area (TPSA) is 26.0 Å². The van der Waals surface area contributed by atoms with Crippen LogP contribution >= 0.6 is 12.4 Å². The molecular formula is C19H22ClN. The molecule has 0 amide bonds. The van der Waals surface area contributed by atoms with Crippen LogP contribution in [0.4, 0.5) is 0 Å². The van der Waals surface area contributed by atoms with Crippen LogP contribution in [-0.2, 0) is 5.41 Å². The summed E-state index contributed by atoms with van der Waals surface area (Å²) in [5, 5.41) is 0. The van der Waals surface area contributed by atoms with Gasteiger partial charge in [0.05, 0.1) is 0 Å². The van der Waals surface area contributed by atoms with Gasteiger partial charge in [0.15, 0.2) is 0 Å². The number of fused-ring (bicyclic) bond motifs is 1. The second-order valence-corrected chi connectivity index (χ2v) is 6.41. The first-order valence-electron chi connectivity index (χ1n) is 7.69. The molecule has 0 spiro atoms. The van der Waals surface area contributed by atoms with Crippen molar-refractivity contribution in [2.75, 3.05) is 0 Å². The second-order valence-electron chi connectivity index (χ2n) is 6.41. The molecule has 3 atom stereocenters. The predicted octanol–water partition coefficient (Wildman–Crippen LogP) is 4.15. The lowest BCUT2D eigenvalue weighted by atomic mass is 9.64. The fraction of sp³-hybridized carbons (Fsp3) is 0.368. The van der Waals surface area contributed by atoms with Gasteiger partial charge in [0.25, 0.3) is 0 Å². The zero-order chi connectivity index (χ0) is 13.6. The molecule has 0 aromatic heterocycles. The van der Waals surface area contributed by atoms with Crippen LogP contribution in [0.25, 0.3) is 0 Å². The Hall–Kier alpha value is -1.31. The minimum absolute atomic E-state index is 0. The van der Waals surface area contributed by atoms with Gasteiger partial charge in [0.1, 0.15) is 0 Å². The number of nitrogens with two attached hydrogens (primary N) is 1. The van der Waals surface area contributed by atoms with Crippen molar-refractivity contribution in [1.82, 2.24) is 0 Å². The van der Waals surface area contributed by atoms with Gasteiger partial charge in [0, 0.05) is 11.5 Å². The van der Waals surface area contributed by atoms with Crippen LogP contribution in [0.15, 0.2) is 60.7 Å². The van der Waals surface area contributed by atoms with Crippen LogP contribution in [0.5, 0.6) is 0 Å². The zero-order valence-corrected chi connectivity index (χ0v) is 12.9. The molecule has 4 rings (SSSR count). The Kier molecular flexibility index (Phi) is 3.81. The lowest BCUT2D eigenvalue weighted by Crippen LogP contribution is -2.40. The summed E-state index contributed by atoms with van der Waals surface area (Å²) in [4.78, 5) is 0. The van der Waals surface area contributed by atoms with E-state index in [1.54, 1.807) is 0 Å². The summed E-state index contributed by atoms with van der Waals surface area (Å²) in [5.74, 6) is 1.46. The first kappa shape index (κ1) is 14.6. The molecule has 2 fully saturated rings. The standard InChI is InChI=1S/C19H21N.ClH/c20-18-11-12-19(17-13-16(17)18,14-7-3-1-4-8-14)15-9-5-2-6-10-15;/h1-10,16-18H,11-13,20H2;1H. The van der Waals surface area contributed by atoms with Gasteiger partial charge in [-0.2, -0.15) is 0 Å². The van der Waals surface area contributed by atoms with Crippen molar-refractivity contribution in [3.63, 3.8) is 0 Å². The number of halogens is 1. The summed E-state index contributed by atoms with van der Waals surface area (Å²) in [5.41, 5.74) is 9.45. The van der Waals surface area contributed by atoms with E-state index in [0.29, 0.717) is 6.04 Å². The highest BCUT2D eigenvalue weighted by molar-refractivity contribution is 5.85. The van der Waals surface area contributed by atoms with Crippen LogP contribution in [0, 0.1) is 11.8 Å². The molecule has 0 radical (unpaired) electrons. The van der Waals surface area contributed by atoms with Crippen LogP contribution in [0.3, 0.4) is 0 Å². The van der Waals surface area contributed by atoms with Gasteiger partial charge in [-0.3, -0.25) is 0 Å². The van der Waals surface area contributed by atoms with Crippen molar-refractivity contribution in [3.05, 3.63) is 71.8 Å². The molecule has 110 valence electrons. The maximum absolute atomic E-state index is 6.30. The molecule has 2 aliphatic carbocycles. The van der Waals surface area contributed by atoms with Gasteiger partial charge >= 0.3 is 0 Å². The van der Waals surface area contributed by atoms with Crippen LogP contribution < -0.4 is 5.73 Å². The maximum Gasteiger partial charge on any atom is 0.0235 e. The largest absolute Gasteiger partial charge is 0.327 e. The number of hydrogen-bond acceptors (Lipinski definition) is 1. The van der Waals surface area contributed by atoms with E-state index in [9.17, 15) is 0 Å². The average molecular weight is 300 g/mol. The van der Waals surface area contributed by atoms with E-state index >= 15 is 0 Å². The van der Waals surface area contributed by atoms with E-state index in [-0.39, 0.29) is 17.8 Å². The van der Waals surface area contributed by atoms with E-state index in [2.05, 4.69) is 60.7 Å². The van der Waals surface area contributed by atoms with Gasteiger partial charge in [0.2, 0.25) is 0 Å². The Balaban J connectivity index is 0.00000132. The van der Waals surface area contributed by atoms with E-state index in [1.807, 2.05) is 0 Å². The van der Waals surface area contributed by atoms with Crippen molar-refractivity contribution in [2.45, 2.75) is 30.7 Å². The molecule has 2 N–H and O–H groups in total. The molecule has 1 nitrogen and oxygen atoms in total. The molecule has 2 heteroatoms. The van der Waals surface area contributed by atoms with Crippen molar-refractivity contribution in [3.8, 4) is 0 Å². The van der Waals surface area contributed by atoms with Crippen molar-refractivity contribution < 1.29 is 0 Å². The highest BCUT2D eigenvalue weighted by atomic mass is 35.5. The first-order chi connectivity index (χ1) is 9.82.